The number of aryl methyl sites for hydroxylation is 2. The molecule has 1 atom stereocenters. The number of hydrogen-bond donors (Lipinski definition) is 0. The predicted molar refractivity (Wildman–Crippen MR) is 136 cm³/mol. The quantitative estimate of drug-likeness (QED) is 0.303. The molecule has 8 heteroatoms. The van der Waals surface area contributed by atoms with Gasteiger partial charge in [-0.15, -0.1) is 0 Å². The van der Waals surface area contributed by atoms with Crippen molar-refractivity contribution in [3.63, 3.8) is 0 Å². The number of pyridine rings is 1. The molecule has 0 N–H and O–H groups in total. The minimum absolute atomic E-state index is 0.164. The van der Waals surface area contributed by atoms with Crippen molar-refractivity contribution < 1.29 is 13.5 Å². The van der Waals surface area contributed by atoms with Crippen molar-refractivity contribution in [3.8, 4) is 11.1 Å². The summed E-state index contributed by atoms with van der Waals surface area (Å²) in [5, 5.41) is 1.07. The zero-order valence-electron chi connectivity index (χ0n) is 19.8. The van der Waals surface area contributed by atoms with E-state index < -0.39 is 17.2 Å². The smallest absolute Gasteiger partial charge is 0.251 e. The Hall–Kier alpha value is -3.81. The Balaban J connectivity index is 1.90. The maximum absolute atomic E-state index is 14.9. The summed E-state index contributed by atoms with van der Waals surface area (Å²) in [6, 6.07) is 17.6. The summed E-state index contributed by atoms with van der Waals surface area (Å²) in [4.78, 5) is 17.0. The molecular formula is C28H22ClF2N3O2. The topological polar surface area (TPSA) is 49.1 Å². The first-order valence-electron chi connectivity index (χ1n) is 11.1. The summed E-state index contributed by atoms with van der Waals surface area (Å²) in [6.07, 6.45) is 3.38. The van der Waals surface area contributed by atoms with Gasteiger partial charge in [-0.05, 0) is 47.5 Å². The molecule has 0 unspecified atom stereocenters. The molecule has 5 aromatic rings. The number of fused-ring (bicyclic) bond motifs is 1. The highest BCUT2D eigenvalue weighted by Crippen LogP contribution is 2.42. The van der Waals surface area contributed by atoms with E-state index in [-0.39, 0.29) is 16.7 Å². The SMILES string of the molecule is CO[C@](c1ccc(Cl)cc1)(c1ccc2c(c1)c(-c1c(F)cccc1F)cc(=O)n2C)c1cncn1C. The third-order valence-electron chi connectivity index (χ3n) is 6.62. The van der Waals surface area contributed by atoms with Gasteiger partial charge in [-0.2, -0.15) is 0 Å². The lowest BCUT2D eigenvalue weighted by Gasteiger charge is -2.34. The van der Waals surface area contributed by atoms with E-state index in [1.165, 1.54) is 28.8 Å². The van der Waals surface area contributed by atoms with Crippen molar-refractivity contribution in [1.29, 1.82) is 0 Å². The van der Waals surface area contributed by atoms with Gasteiger partial charge >= 0.3 is 0 Å². The van der Waals surface area contributed by atoms with E-state index in [2.05, 4.69) is 4.98 Å². The van der Waals surface area contributed by atoms with Gasteiger partial charge in [0.05, 0.1) is 29.3 Å². The summed E-state index contributed by atoms with van der Waals surface area (Å²) >= 11 is 6.17. The second-order valence-electron chi connectivity index (χ2n) is 8.57. The maximum Gasteiger partial charge on any atom is 0.251 e. The van der Waals surface area contributed by atoms with Crippen LogP contribution in [-0.2, 0) is 24.4 Å². The average molecular weight is 506 g/mol. The van der Waals surface area contributed by atoms with E-state index in [1.807, 2.05) is 29.8 Å². The molecule has 0 amide bonds. The van der Waals surface area contributed by atoms with Gasteiger partial charge in [-0.25, -0.2) is 13.8 Å². The van der Waals surface area contributed by atoms with Crippen LogP contribution >= 0.6 is 11.6 Å². The second kappa shape index (κ2) is 9.00. The minimum atomic E-state index is -1.14. The number of nitrogens with zero attached hydrogens (tertiary/aromatic N) is 3. The summed E-state index contributed by atoms with van der Waals surface area (Å²) in [5.41, 5.74) is 1.11. The molecule has 0 saturated carbocycles. The van der Waals surface area contributed by atoms with Crippen LogP contribution in [0.4, 0.5) is 8.78 Å². The standard InChI is InChI=1S/C28H22ClF2N3O2/c1-33-16-32-15-25(33)28(36-3,17-7-10-19(29)11-8-17)18-9-12-24-20(13-18)21(14-26(35)34(24)2)27-22(30)5-4-6-23(27)31/h4-16H,1-3H3/t28-/m1/s1. The van der Waals surface area contributed by atoms with Crippen LogP contribution in [0, 0.1) is 11.6 Å². The van der Waals surface area contributed by atoms with Crippen LogP contribution in [0.25, 0.3) is 22.0 Å². The fraction of sp³-hybridized carbons (Fsp3) is 0.143. The van der Waals surface area contributed by atoms with Crippen LogP contribution in [0.3, 0.4) is 0 Å². The average Bonchev–Trinajstić information content (AvgIpc) is 3.30. The number of rotatable bonds is 5. The van der Waals surface area contributed by atoms with Gasteiger partial charge in [0.25, 0.3) is 5.56 Å². The van der Waals surface area contributed by atoms with Gasteiger partial charge in [0.2, 0.25) is 0 Å². The van der Waals surface area contributed by atoms with Crippen LogP contribution in [0.2, 0.25) is 5.02 Å². The van der Waals surface area contributed by atoms with Crippen molar-refractivity contribution in [1.82, 2.24) is 14.1 Å². The Morgan fingerprint density at radius 2 is 1.61 bits per heavy atom. The molecule has 0 saturated heterocycles. The van der Waals surface area contributed by atoms with E-state index >= 15 is 0 Å². The molecule has 2 heterocycles. The van der Waals surface area contributed by atoms with Crippen LogP contribution in [-0.4, -0.2) is 21.2 Å². The van der Waals surface area contributed by atoms with Crippen molar-refractivity contribution in [2.24, 2.45) is 14.1 Å². The first kappa shape index (κ1) is 23.9. The molecule has 0 radical (unpaired) electrons. The molecule has 0 aliphatic heterocycles. The van der Waals surface area contributed by atoms with E-state index in [1.54, 1.807) is 50.9 Å². The molecule has 36 heavy (non-hydrogen) atoms. The maximum atomic E-state index is 14.9. The van der Waals surface area contributed by atoms with Crippen molar-refractivity contribution in [3.05, 3.63) is 123 Å². The number of benzene rings is 3. The highest BCUT2D eigenvalue weighted by Gasteiger charge is 2.39. The minimum Gasteiger partial charge on any atom is -0.362 e. The molecule has 182 valence electrons. The zero-order chi connectivity index (χ0) is 25.6. The predicted octanol–water partition coefficient (Wildman–Crippen LogP) is 5.81. The van der Waals surface area contributed by atoms with Crippen molar-refractivity contribution in [2.75, 3.05) is 7.11 Å². The van der Waals surface area contributed by atoms with Crippen molar-refractivity contribution in [2.45, 2.75) is 5.60 Å². The molecule has 0 aliphatic carbocycles. The third kappa shape index (κ3) is 3.63. The van der Waals surface area contributed by atoms with Gasteiger partial charge in [-0.3, -0.25) is 4.79 Å². The van der Waals surface area contributed by atoms with E-state index in [0.717, 1.165) is 11.3 Å². The van der Waals surface area contributed by atoms with Gasteiger partial charge in [-0.1, -0.05) is 35.9 Å². The monoisotopic (exact) mass is 505 g/mol. The molecular weight excluding hydrogens is 484 g/mol. The fourth-order valence-electron chi connectivity index (χ4n) is 4.83. The van der Waals surface area contributed by atoms with Gasteiger partial charge < -0.3 is 13.9 Å². The zero-order valence-corrected chi connectivity index (χ0v) is 20.6. The highest BCUT2D eigenvalue weighted by molar-refractivity contribution is 6.30. The van der Waals surface area contributed by atoms with E-state index in [9.17, 15) is 13.6 Å². The molecule has 5 rings (SSSR count). The largest absolute Gasteiger partial charge is 0.362 e. The highest BCUT2D eigenvalue weighted by atomic mass is 35.5. The normalized spacial score (nSPS) is 13.2. The lowest BCUT2D eigenvalue weighted by molar-refractivity contribution is 0.0525. The number of methoxy groups -OCH3 is 1. The molecule has 0 spiro atoms. The van der Waals surface area contributed by atoms with Crippen LogP contribution < -0.4 is 5.56 Å². The lowest BCUT2D eigenvalue weighted by atomic mass is 9.82. The first-order chi connectivity index (χ1) is 17.3. The summed E-state index contributed by atoms with van der Waals surface area (Å²) < 4.78 is 39.3. The number of aromatic nitrogens is 3. The fourth-order valence-corrected chi connectivity index (χ4v) is 4.95. The molecule has 2 aromatic heterocycles. The number of ether oxygens (including phenoxy) is 1. The van der Waals surface area contributed by atoms with Gasteiger partial charge in [0, 0.05) is 43.2 Å². The number of hydrogen-bond acceptors (Lipinski definition) is 3. The summed E-state index contributed by atoms with van der Waals surface area (Å²) in [5.74, 6) is -1.51. The second-order valence-corrected chi connectivity index (χ2v) is 9.00. The van der Waals surface area contributed by atoms with Gasteiger partial charge in [0.1, 0.15) is 11.6 Å². The number of halogens is 3. The van der Waals surface area contributed by atoms with E-state index in [4.69, 9.17) is 16.3 Å². The van der Waals surface area contributed by atoms with Crippen LogP contribution in [0.15, 0.2) is 84.0 Å². The van der Waals surface area contributed by atoms with Crippen LogP contribution in [0.5, 0.6) is 0 Å². The Kier molecular flexibility index (Phi) is 5.98. The Morgan fingerprint density at radius 1 is 0.944 bits per heavy atom. The van der Waals surface area contributed by atoms with Crippen LogP contribution in [0.1, 0.15) is 16.8 Å². The summed E-state index contributed by atoms with van der Waals surface area (Å²) in [6.45, 7) is 0. The Morgan fingerprint density at radius 3 is 2.22 bits per heavy atom. The molecule has 0 bridgehead atoms. The first-order valence-corrected chi connectivity index (χ1v) is 11.5. The number of imidazole rings is 1. The van der Waals surface area contributed by atoms with Crippen molar-refractivity contribution >= 4 is 22.5 Å². The molecule has 5 nitrogen and oxygen atoms in total. The van der Waals surface area contributed by atoms with Gasteiger partial charge in [0.15, 0.2) is 5.60 Å². The van der Waals surface area contributed by atoms with E-state index in [0.29, 0.717) is 21.5 Å². The summed E-state index contributed by atoms with van der Waals surface area (Å²) in [7, 11) is 5.07. The Bertz CT molecular complexity index is 1640. The molecule has 0 fully saturated rings. The molecule has 3 aromatic carbocycles. The molecule has 0 aliphatic rings. The Labute approximate surface area is 211 Å². The lowest BCUT2D eigenvalue weighted by Crippen LogP contribution is -2.33. The third-order valence-corrected chi connectivity index (χ3v) is 6.87.